The average Bonchev–Trinajstić information content (AvgIpc) is 2.75. The predicted octanol–water partition coefficient (Wildman–Crippen LogP) is 0.664. The number of hydrogen-bond donors (Lipinski definition) is 1. The number of rotatable bonds is 6. The van der Waals surface area contributed by atoms with Gasteiger partial charge in [-0.15, -0.1) is 0 Å². The summed E-state index contributed by atoms with van der Waals surface area (Å²) >= 11 is 0. The molecule has 0 spiro atoms. The van der Waals surface area contributed by atoms with Gasteiger partial charge in [0.05, 0.1) is 12.7 Å². The second-order valence-corrected chi connectivity index (χ2v) is 2.94. The standard InChI is InChI=1S/C10H12O5/c11-6-8(12)3-4-10(13)15-7-9-2-1-5-14-9/h1-2,5,11H,3-4,6-7H2. The Hall–Kier alpha value is -1.62. The van der Waals surface area contributed by atoms with Crippen LogP contribution in [0.3, 0.4) is 0 Å². The molecule has 0 aliphatic heterocycles. The summed E-state index contributed by atoms with van der Waals surface area (Å²) in [4.78, 5) is 21.7. The number of esters is 1. The summed E-state index contributed by atoms with van der Waals surface area (Å²) in [5.41, 5.74) is 0. The van der Waals surface area contributed by atoms with Crippen molar-refractivity contribution in [2.75, 3.05) is 6.61 Å². The van der Waals surface area contributed by atoms with E-state index in [1.807, 2.05) is 0 Å². The fourth-order valence-electron chi connectivity index (χ4n) is 0.939. The Bertz CT molecular complexity index is 315. The topological polar surface area (TPSA) is 76.7 Å². The molecule has 0 aliphatic rings. The van der Waals surface area contributed by atoms with Crippen LogP contribution in [0.15, 0.2) is 22.8 Å². The highest BCUT2D eigenvalue weighted by atomic mass is 16.5. The van der Waals surface area contributed by atoms with Crippen molar-refractivity contribution >= 4 is 11.8 Å². The maximum absolute atomic E-state index is 11.1. The molecule has 1 N–H and O–H groups in total. The Morgan fingerprint density at radius 2 is 2.20 bits per heavy atom. The molecule has 0 fully saturated rings. The van der Waals surface area contributed by atoms with Gasteiger partial charge in [-0.05, 0) is 12.1 Å². The van der Waals surface area contributed by atoms with E-state index in [1.165, 1.54) is 6.26 Å². The van der Waals surface area contributed by atoms with Crippen molar-refractivity contribution in [3.63, 3.8) is 0 Å². The summed E-state index contributed by atoms with van der Waals surface area (Å²) in [7, 11) is 0. The third-order valence-corrected chi connectivity index (χ3v) is 1.74. The van der Waals surface area contributed by atoms with Gasteiger partial charge < -0.3 is 14.3 Å². The molecule has 0 atom stereocenters. The van der Waals surface area contributed by atoms with Gasteiger partial charge in [0, 0.05) is 6.42 Å². The predicted molar refractivity (Wildman–Crippen MR) is 49.8 cm³/mol. The van der Waals surface area contributed by atoms with Crippen LogP contribution in [0.4, 0.5) is 0 Å². The van der Waals surface area contributed by atoms with Gasteiger partial charge in [0.15, 0.2) is 5.78 Å². The lowest BCUT2D eigenvalue weighted by molar-refractivity contribution is -0.146. The maximum atomic E-state index is 11.1. The number of ether oxygens (including phenoxy) is 1. The molecule has 0 bridgehead atoms. The number of carbonyl (C=O) groups is 2. The van der Waals surface area contributed by atoms with Crippen molar-refractivity contribution in [2.24, 2.45) is 0 Å². The van der Waals surface area contributed by atoms with Crippen LogP contribution in [-0.4, -0.2) is 23.5 Å². The maximum Gasteiger partial charge on any atom is 0.306 e. The minimum Gasteiger partial charge on any atom is -0.466 e. The summed E-state index contributed by atoms with van der Waals surface area (Å²) in [5.74, 6) is -0.296. The molecule has 0 saturated heterocycles. The summed E-state index contributed by atoms with van der Waals surface area (Å²) in [6, 6.07) is 3.38. The first kappa shape index (κ1) is 11.5. The molecule has 0 saturated carbocycles. The van der Waals surface area contributed by atoms with E-state index in [-0.39, 0.29) is 25.2 Å². The first-order chi connectivity index (χ1) is 7.22. The van der Waals surface area contributed by atoms with Gasteiger partial charge in [-0.25, -0.2) is 0 Å². The van der Waals surface area contributed by atoms with Crippen molar-refractivity contribution in [2.45, 2.75) is 19.4 Å². The fraction of sp³-hybridized carbons (Fsp3) is 0.400. The summed E-state index contributed by atoms with van der Waals surface area (Å²) in [6.45, 7) is -0.468. The van der Waals surface area contributed by atoms with E-state index >= 15 is 0 Å². The third kappa shape index (κ3) is 4.42. The van der Waals surface area contributed by atoms with Crippen LogP contribution in [0.25, 0.3) is 0 Å². The number of hydrogen-bond acceptors (Lipinski definition) is 5. The molecule has 15 heavy (non-hydrogen) atoms. The van der Waals surface area contributed by atoms with E-state index < -0.39 is 12.6 Å². The number of Topliss-reactive ketones (excluding diaryl/α,β-unsaturated/α-hetero) is 1. The van der Waals surface area contributed by atoms with Crippen molar-refractivity contribution in [3.8, 4) is 0 Å². The Morgan fingerprint density at radius 1 is 1.40 bits per heavy atom. The van der Waals surface area contributed by atoms with E-state index in [9.17, 15) is 9.59 Å². The molecule has 0 unspecified atom stereocenters. The Balaban J connectivity index is 2.16. The molecular weight excluding hydrogens is 200 g/mol. The van der Waals surface area contributed by atoms with Gasteiger partial charge in [-0.3, -0.25) is 9.59 Å². The minimum absolute atomic E-state index is 0.00743. The molecule has 1 heterocycles. The monoisotopic (exact) mass is 212 g/mol. The minimum atomic E-state index is -0.536. The lowest BCUT2D eigenvalue weighted by atomic mass is 10.2. The third-order valence-electron chi connectivity index (χ3n) is 1.74. The second-order valence-electron chi connectivity index (χ2n) is 2.94. The Morgan fingerprint density at radius 3 is 2.80 bits per heavy atom. The average molecular weight is 212 g/mol. The smallest absolute Gasteiger partial charge is 0.306 e. The van der Waals surface area contributed by atoms with Crippen molar-refractivity contribution in [3.05, 3.63) is 24.2 Å². The van der Waals surface area contributed by atoms with Gasteiger partial charge >= 0.3 is 5.97 Å². The van der Waals surface area contributed by atoms with Gasteiger partial charge in [0.25, 0.3) is 0 Å². The number of aliphatic hydroxyl groups excluding tert-OH is 1. The molecule has 0 amide bonds. The first-order valence-corrected chi connectivity index (χ1v) is 4.53. The van der Waals surface area contributed by atoms with Crippen LogP contribution in [-0.2, 0) is 20.9 Å². The zero-order chi connectivity index (χ0) is 11.1. The molecule has 0 aromatic carbocycles. The quantitative estimate of drug-likeness (QED) is 0.701. The van der Waals surface area contributed by atoms with Crippen molar-refractivity contribution in [1.82, 2.24) is 0 Å². The largest absolute Gasteiger partial charge is 0.466 e. The van der Waals surface area contributed by atoms with Crippen LogP contribution >= 0.6 is 0 Å². The van der Waals surface area contributed by atoms with E-state index in [4.69, 9.17) is 14.3 Å². The highest BCUT2D eigenvalue weighted by Crippen LogP contribution is 2.03. The van der Waals surface area contributed by atoms with Gasteiger partial charge in [-0.1, -0.05) is 0 Å². The first-order valence-electron chi connectivity index (χ1n) is 4.53. The number of ketones is 1. The van der Waals surface area contributed by atoms with Crippen molar-refractivity contribution < 1.29 is 23.8 Å². The molecule has 5 heteroatoms. The van der Waals surface area contributed by atoms with Crippen LogP contribution in [0, 0.1) is 0 Å². The Kier molecular flexibility index (Phi) is 4.56. The van der Waals surface area contributed by atoms with E-state index in [0.717, 1.165) is 0 Å². The van der Waals surface area contributed by atoms with Crippen LogP contribution in [0.5, 0.6) is 0 Å². The number of aliphatic hydroxyl groups is 1. The van der Waals surface area contributed by atoms with E-state index in [0.29, 0.717) is 5.76 Å². The van der Waals surface area contributed by atoms with Gasteiger partial charge in [0.1, 0.15) is 19.0 Å². The van der Waals surface area contributed by atoms with Gasteiger partial charge in [-0.2, -0.15) is 0 Å². The number of carbonyl (C=O) groups excluding carboxylic acids is 2. The molecule has 82 valence electrons. The Labute approximate surface area is 86.6 Å². The second kappa shape index (κ2) is 5.98. The molecule has 1 aromatic heterocycles. The van der Waals surface area contributed by atoms with E-state index in [2.05, 4.69) is 0 Å². The molecule has 1 rings (SSSR count). The molecule has 0 radical (unpaired) electrons. The molecular formula is C10H12O5. The zero-order valence-corrected chi connectivity index (χ0v) is 8.14. The van der Waals surface area contributed by atoms with E-state index in [1.54, 1.807) is 12.1 Å². The van der Waals surface area contributed by atoms with Crippen LogP contribution in [0.2, 0.25) is 0 Å². The zero-order valence-electron chi connectivity index (χ0n) is 8.14. The number of furan rings is 1. The molecule has 0 aliphatic carbocycles. The molecule has 1 aromatic rings. The lowest BCUT2D eigenvalue weighted by Crippen LogP contribution is -2.09. The fourth-order valence-corrected chi connectivity index (χ4v) is 0.939. The van der Waals surface area contributed by atoms with Crippen LogP contribution in [0.1, 0.15) is 18.6 Å². The summed E-state index contributed by atoms with van der Waals surface area (Å²) in [6.07, 6.45) is 1.48. The van der Waals surface area contributed by atoms with Crippen molar-refractivity contribution in [1.29, 1.82) is 0 Å². The van der Waals surface area contributed by atoms with Gasteiger partial charge in [0.2, 0.25) is 0 Å². The SMILES string of the molecule is O=C(CO)CCC(=O)OCc1ccco1. The lowest BCUT2D eigenvalue weighted by Gasteiger charge is -2.01. The highest BCUT2D eigenvalue weighted by Gasteiger charge is 2.07. The summed E-state index contributed by atoms with van der Waals surface area (Å²) < 4.78 is 9.76. The van der Waals surface area contributed by atoms with Crippen LogP contribution < -0.4 is 0 Å². The summed E-state index contributed by atoms with van der Waals surface area (Å²) in [5, 5.41) is 8.41. The highest BCUT2D eigenvalue weighted by molar-refractivity contribution is 5.83. The molecule has 5 nitrogen and oxygen atoms in total. The normalized spacial score (nSPS) is 9.93.